The molecule has 0 saturated heterocycles. The molecule has 0 aliphatic heterocycles. The zero-order valence-electron chi connectivity index (χ0n) is 15.8. The van der Waals surface area contributed by atoms with Crippen LogP contribution in [0, 0.1) is 6.92 Å². The van der Waals surface area contributed by atoms with E-state index in [0.717, 1.165) is 22.4 Å². The molecule has 3 aromatic rings. The normalized spacial score (nSPS) is 11.6. The van der Waals surface area contributed by atoms with Crippen molar-refractivity contribution in [2.45, 2.75) is 25.8 Å². The van der Waals surface area contributed by atoms with Crippen LogP contribution >= 0.6 is 0 Å². The molecule has 3 aromatic carbocycles. The maximum absolute atomic E-state index is 12.6. The van der Waals surface area contributed by atoms with E-state index in [1.54, 1.807) is 7.11 Å². The van der Waals surface area contributed by atoms with Crippen LogP contribution < -0.4 is 10.1 Å². The van der Waals surface area contributed by atoms with Gasteiger partial charge in [0.15, 0.2) is 0 Å². The number of benzene rings is 3. The first-order valence-electron chi connectivity index (χ1n) is 9.19. The van der Waals surface area contributed by atoms with Gasteiger partial charge >= 0.3 is 0 Å². The Labute approximate surface area is 161 Å². The monoisotopic (exact) mass is 359 g/mol. The number of nitrogens with one attached hydrogen (secondary N) is 1. The van der Waals surface area contributed by atoms with E-state index < -0.39 is 0 Å². The number of hydrogen-bond donors (Lipinski definition) is 1. The van der Waals surface area contributed by atoms with Crippen LogP contribution in [0.15, 0.2) is 78.9 Å². The van der Waals surface area contributed by atoms with Gasteiger partial charge in [-0.25, -0.2) is 0 Å². The Balaban J connectivity index is 1.69. The first-order chi connectivity index (χ1) is 13.2. The number of ether oxygens (including phenoxy) is 1. The summed E-state index contributed by atoms with van der Waals surface area (Å²) in [7, 11) is 1.65. The van der Waals surface area contributed by atoms with Crippen LogP contribution in [0.4, 0.5) is 0 Å². The number of methoxy groups -OCH3 is 1. The van der Waals surface area contributed by atoms with Gasteiger partial charge in [-0.2, -0.15) is 0 Å². The molecule has 1 unspecified atom stereocenters. The zero-order chi connectivity index (χ0) is 19.1. The van der Waals surface area contributed by atoms with Gasteiger partial charge < -0.3 is 10.1 Å². The molecule has 0 aliphatic carbocycles. The second-order valence-electron chi connectivity index (χ2n) is 6.67. The van der Waals surface area contributed by atoms with Crippen molar-refractivity contribution in [2.75, 3.05) is 7.11 Å². The average Bonchev–Trinajstić information content (AvgIpc) is 2.72. The lowest BCUT2D eigenvalue weighted by Crippen LogP contribution is -2.29. The fourth-order valence-electron chi connectivity index (χ4n) is 3.05. The van der Waals surface area contributed by atoms with Crippen molar-refractivity contribution in [3.05, 3.63) is 101 Å². The number of aryl methyl sites for hydroxylation is 2. The molecule has 0 aromatic heterocycles. The summed E-state index contributed by atoms with van der Waals surface area (Å²) in [6.45, 7) is 2.06. The van der Waals surface area contributed by atoms with Crippen molar-refractivity contribution >= 4 is 5.91 Å². The Morgan fingerprint density at radius 2 is 1.52 bits per heavy atom. The van der Waals surface area contributed by atoms with Crippen molar-refractivity contribution in [3.63, 3.8) is 0 Å². The first-order valence-corrected chi connectivity index (χ1v) is 9.19. The van der Waals surface area contributed by atoms with E-state index in [0.29, 0.717) is 12.8 Å². The third-order valence-electron chi connectivity index (χ3n) is 4.65. The second kappa shape index (κ2) is 9.04. The predicted octanol–water partition coefficient (Wildman–Crippen LogP) is 4.84. The number of carbonyl (C=O) groups excluding carboxylic acids is 1. The lowest BCUT2D eigenvalue weighted by Gasteiger charge is -2.20. The maximum Gasteiger partial charge on any atom is 0.221 e. The van der Waals surface area contributed by atoms with E-state index in [2.05, 4.69) is 36.5 Å². The van der Waals surface area contributed by atoms with Gasteiger partial charge in [0.25, 0.3) is 0 Å². The van der Waals surface area contributed by atoms with Crippen LogP contribution in [0.3, 0.4) is 0 Å². The standard InChI is InChI=1S/C24H25NO2/c1-18-8-13-21(14-9-18)24(20-6-4-3-5-7-20)25-23(26)17-12-19-10-15-22(27-2)16-11-19/h3-11,13-16,24H,12,17H2,1-2H3,(H,25,26). The van der Waals surface area contributed by atoms with Crippen LogP contribution in [0.25, 0.3) is 0 Å². The number of carbonyl (C=O) groups is 1. The average molecular weight is 359 g/mol. The maximum atomic E-state index is 12.6. The molecule has 1 amide bonds. The largest absolute Gasteiger partial charge is 0.497 e. The smallest absolute Gasteiger partial charge is 0.221 e. The summed E-state index contributed by atoms with van der Waals surface area (Å²) in [6.07, 6.45) is 1.15. The lowest BCUT2D eigenvalue weighted by molar-refractivity contribution is -0.121. The third-order valence-corrected chi connectivity index (χ3v) is 4.65. The summed E-state index contributed by atoms with van der Waals surface area (Å²) in [5.74, 6) is 0.868. The van der Waals surface area contributed by atoms with Gasteiger partial charge in [0.1, 0.15) is 5.75 Å². The highest BCUT2D eigenvalue weighted by molar-refractivity contribution is 5.77. The third kappa shape index (κ3) is 5.20. The summed E-state index contributed by atoms with van der Waals surface area (Å²) >= 11 is 0. The van der Waals surface area contributed by atoms with Crippen LogP contribution in [0.5, 0.6) is 5.75 Å². The van der Waals surface area contributed by atoms with Gasteiger partial charge in [0.05, 0.1) is 13.2 Å². The van der Waals surface area contributed by atoms with E-state index in [1.165, 1.54) is 5.56 Å². The highest BCUT2D eigenvalue weighted by atomic mass is 16.5. The summed E-state index contributed by atoms with van der Waals surface area (Å²) in [6, 6.07) is 26.1. The Hall–Kier alpha value is -3.07. The van der Waals surface area contributed by atoms with E-state index in [9.17, 15) is 4.79 Å². The van der Waals surface area contributed by atoms with Crippen molar-refractivity contribution in [2.24, 2.45) is 0 Å². The molecule has 0 saturated carbocycles. The van der Waals surface area contributed by atoms with Gasteiger partial charge in [-0.15, -0.1) is 0 Å². The van der Waals surface area contributed by atoms with Crippen LogP contribution in [-0.4, -0.2) is 13.0 Å². The van der Waals surface area contributed by atoms with Gasteiger partial charge in [0, 0.05) is 6.42 Å². The highest BCUT2D eigenvalue weighted by Gasteiger charge is 2.16. The van der Waals surface area contributed by atoms with Crippen molar-refractivity contribution in [1.82, 2.24) is 5.32 Å². The van der Waals surface area contributed by atoms with E-state index >= 15 is 0 Å². The molecule has 3 nitrogen and oxygen atoms in total. The minimum Gasteiger partial charge on any atom is -0.497 e. The Kier molecular flexibility index (Phi) is 6.26. The predicted molar refractivity (Wildman–Crippen MR) is 109 cm³/mol. The molecule has 3 heteroatoms. The molecule has 1 atom stereocenters. The summed E-state index contributed by atoms with van der Waals surface area (Å²) in [5, 5.41) is 3.20. The second-order valence-corrected chi connectivity index (χ2v) is 6.67. The molecule has 3 rings (SSSR count). The fraction of sp³-hybridized carbons (Fsp3) is 0.208. The molecule has 138 valence electrons. The van der Waals surface area contributed by atoms with Gasteiger partial charge in [-0.3, -0.25) is 4.79 Å². The molecular formula is C24H25NO2. The minimum atomic E-state index is -0.143. The quantitative estimate of drug-likeness (QED) is 0.655. The topological polar surface area (TPSA) is 38.3 Å². The number of rotatable bonds is 7. The van der Waals surface area contributed by atoms with Crippen LogP contribution in [-0.2, 0) is 11.2 Å². The van der Waals surface area contributed by atoms with Crippen molar-refractivity contribution in [1.29, 1.82) is 0 Å². The Morgan fingerprint density at radius 3 is 2.15 bits per heavy atom. The fourth-order valence-corrected chi connectivity index (χ4v) is 3.05. The van der Waals surface area contributed by atoms with E-state index in [1.807, 2.05) is 54.6 Å². The van der Waals surface area contributed by atoms with Crippen molar-refractivity contribution < 1.29 is 9.53 Å². The zero-order valence-corrected chi connectivity index (χ0v) is 15.8. The molecule has 0 spiro atoms. The van der Waals surface area contributed by atoms with Crippen molar-refractivity contribution in [3.8, 4) is 5.75 Å². The Bertz CT molecular complexity index is 855. The van der Waals surface area contributed by atoms with E-state index in [-0.39, 0.29) is 11.9 Å². The molecule has 0 aliphatic rings. The molecule has 0 bridgehead atoms. The summed E-state index contributed by atoms with van der Waals surface area (Å²) in [5.41, 5.74) is 4.50. The Morgan fingerprint density at radius 1 is 0.889 bits per heavy atom. The molecule has 1 N–H and O–H groups in total. The minimum absolute atomic E-state index is 0.0419. The van der Waals surface area contributed by atoms with Gasteiger partial charge in [0.2, 0.25) is 5.91 Å². The number of hydrogen-bond acceptors (Lipinski definition) is 2. The van der Waals surface area contributed by atoms with E-state index in [4.69, 9.17) is 4.74 Å². The van der Waals surface area contributed by atoms with Crippen LogP contribution in [0.2, 0.25) is 0 Å². The molecular weight excluding hydrogens is 334 g/mol. The first kappa shape index (κ1) is 18.7. The summed E-state index contributed by atoms with van der Waals surface area (Å²) < 4.78 is 5.17. The molecule has 0 heterocycles. The van der Waals surface area contributed by atoms with Crippen LogP contribution in [0.1, 0.15) is 34.7 Å². The number of amides is 1. The SMILES string of the molecule is COc1ccc(CCC(=O)NC(c2ccccc2)c2ccc(C)cc2)cc1. The molecule has 0 fully saturated rings. The lowest BCUT2D eigenvalue weighted by atomic mass is 9.97. The van der Waals surface area contributed by atoms with Gasteiger partial charge in [-0.05, 0) is 42.2 Å². The molecule has 27 heavy (non-hydrogen) atoms. The highest BCUT2D eigenvalue weighted by Crippen LogP contribution is 2.23. The van der Waals surface area contributed by atoms with Gasteiger partial charge in [-0.1, -0.05) is 72.3 Å². The summed E-state index contributed by atoms with van der Waals surface area (Å²) in [4.78, 5) is 12.6. The molecule has 0 radical (unpaired) electrons.